The third-order valence-corrected chi connectivity index (χ3v) is 5.18. The second-order valence-electron chi connectivity index (χ2n) is 5.24. The van der Waals surface area contributed by atoms with E-state index in [0.717, 1.165) is 5.56 Å². The highest BCUT2D eigenvalue weighted by Crippen LogP contribution is 2.23. The maximum absolute atomic E-state index is 12.5. The van der Waals surface area contributed by atoms with E-state index in [9.17, 15) is 9.59 Å². The van der Waals surface area contributed by atoms with Gasteiger partial charge in [0.2, 0.25) is 0 Å². The molecule has 8 heteroatoms. The predicted octanol–water partition coefficient (Wildman–Crippen LogP) is 3.44. The standard InChI is InChI=1S/C18H16N4O2S2/c1-25-13-4-2-12(3-5-13)10-21-18(24)16-14(6-9-26-16)22-17(23)15-11-19-7-8-20-15/h2-9,11H,10H2,1H3,(H,21,24)(H,22,23). The van der Waals surface area contributed by atoms with Gasteiger partial charge in [-0.25, -0.2) is 4.98 Å². The average Bonchev–Trinajstić information content (AvgIpc) is 3.15. The van der Waals surface area contributed by atoms with Crippen LogP contribution in [0, 0.1) is 0 Å². The van der Waals surface area contributed by atoms with Crippen LogP contribution in [0.3, 0.4) is 0 Å². The summed E-state index contributed by atoms with van der Waals surface area (Å²) in [5.41, 5.74) is 1.66. The summed E-state index contributed by atoms with van der Waals surface area (Å²) in [4.78, 5) is 34.1. The van der Waals surface area contributed by atoms with E-state index in [1.807, 2.05) is 30.5 Å². The maximum Gasteiger partial charge on any atom is 0.275 e. The van der Waals surface area contributed by atoms with Gasteiger partial charge in [0.05, 0.1) is 11.9 Å². The molecule has 2 N–H and O–H groups in total. The number of aromatic nitrogens is 2. The quantitative estimate of drug-likeness (QED) is 0.636. The van der Waals surface area contributed by atoms with Crippen molar-refractivity contribution in [1.82, 2.24) is 15.3 Å². The van der Waals surface area contributed by atoms with Gasteiger partial charge in [-0.1, -0.05) is 12.1 Å². The highest BCUT2D eigenvalue weighted by Gasteiger charge is 2.16. The lowest BCUT2D eigenvalue weighted by atomic mass is 10.2. The Bertz CT molecular complexity index is 895. The molecule has 0 fully saturated rings. The van der Waals surface area contributed by atoms with Crippen LogP contribution in [-0.4, -0.2) is 28.0 Å². The molecule has 2 heterocycles. The highest BCUT2D eigenvalue weighted by molar-refractivity contribution is 7.98. The van der Waals surface area contributed by atoms with Crippen LogP contribution < -0.4 is 10.6 Å². The Morgan fingerprint density at radius 3 is 2.62 bits per heavy atom. The van der Waals surface area contributed by atoms with E-state index in [4.69, 9.17) is 0 Å². The molecule has 3 rings (SSSR count). The van der Waals surface area contributed by atoms with Crippen molar-refractivity contribution in [2.75, 3.05) is 11.6 Å². The Hall–Kier alpha value is -2.71. The normalized spacial score (nSPS) is 10.3. The van der Waals surface area contributed by atoms with Crippen molar-refractivity contribution in [3.8, 4) is 0 Å². The van der Waals surface area contributed by atoms with E-state index in [1.54, 1.807) is 23.2 Å². The molecular formula is C18H16N4O2S2. The lowest BCUT2D eigenvalue weighted by molar-refractivity contribution is 0.0955. The van der Waals surface area contributed by atoms with Gasteiger partial charge in [0.1, 0.15) is 10.6 Å². The van der Waals surface area contributed by atoms with Gasteiger partial charge >= 0.3 is 0 Å². The van der Waals surface area contributed by atoms with Crippen LogP contribution in [0.25, 0.3) is 0 Å². The minimum Gasteiger partial charge on any atom is -0.347 e. The van der Waals surface area contributed by atoms with Crippen LogP contribution in [0.4, 0.5) is 5.69 Å². The van der Waals surface area contributed by atoms with Gasteiger partial charge in [0.25, 0.3) is 11.8 Å². The van der Waals surface area contributed by atoms with Crippen LogP contribution in [0.2, 0.25) is 0 Å². The van der Waals surface area contributed by atoms with E-state index in [2.05, 4.69) is 20.6 Å². The summed E-state index contributed by atoms with van der Waals surface area (Å²) in [6.45, 7) is 0.420. The number of thiophene rings is 1. The van der Waals surface area contributed by atoms with Crippen molar-refractivity contribution >= 4 is 40.6 Å². The number of hydrogen-bond acceptors (Lipinski definition) is 6. The van der Waals surface area contributed by atoms with Gasteiger partial charge in [-0.05, 0) is 35.4 Å². The molecular weight excluding hydrogens is 368 g/mol. The van der Waals surface area contributed by atoms with Crippen LogP contribution in [0.1, 0.15) is 25.7 Å². The first kappa shape index (κ1) is 18.1. The Labute approximate surface area is 159 Å². The number of rotatable bonds is 6. The van der Waals surface area contributed by atoms with Crippen molar-refractivity contribution < 1.29 is 9.59 Å². The van der Waals surface area contributed by atoms with Crippen LogP contribution in [-0.2, 0) is 6.54 Å². The number of hydrogen-bond donors (Lipinski definition) is 2. The SMILES string of the molecule is CSc1ccc(CNC(=O)c2sccc2NC(=O)c2cnccn2)cc1. The molecule has 132 valence electrons. The third kappa shape index (κ3) is 4.47. The molecule has 6 nitrogen and oxygen atoms in total. The lowest BCUT2D eigenvalue weighted by Crippen LogP contribution is -2.23. The topological polar surface area (TPSA) is 84.0 Å². The number of benzene rings is 1. The molecule has 0 aliphatic carbocycles. The molecule has 0 unspecified atom stereocenters. The molecule has 2 aromatic heterocycles. The van der Waals surface area contributed by atoms with Crippen LogP contribution in [0.15, 0.2) is 59.2 Å². The van der Waals surface area contributed by atoms with Gasteiger partial charge in [0, 0.05) is 23.8 Å². The summed E-state index contributed by atoms with van der Waals surface area (Å²) < 4.78 is 0. The summed E-state index contributed by atoms with van der Waals surface area (Å²) >= 11 is 2.94. The fourth-order valence-electron chi connectivity index (χ4n) is 2.19. The third-order valence-electron chi connectivity index (χ3n) is 3.53. The Kier molecular flexibility index (Phi) is 5.98. The number of carbonyl (C=O) groups is 2. The summed E-state index contributed by atoms with van der Waals surface area (Å²) in [5, 5.41) is 7.34. The van der Waals surface area contributed by atoms with Gasteiger partial charge in [0.15, 0.2) is 0 Å². The zero-order valence-corrected chi connectivity index (χ0v) is 15.6. The molecule has 0 aliphatic rings. The van der Waals surface area contributed by atoms with Crippen molar-refractivity contribution in [1.29, 1.82) is 0 Å². The summed E-state index contributed by atoms with van der Waals surface area (Å²) in [5.74, 6) is -0.637. The second kappa shape index (κ2) is 8.59. The first-order valence-corrected chi connectivity index (χ1v) is 9.84. The van der Waals surface area contributed by atoms with E-state index in [0.29, 0.717) is 17.1 Å². The first-order chi connectivity index (χ1) is 12.7. The molecule has 0 radical (unpaired) electrons. The van der Waals surface area contributed by atoms with Crippen molar-refractivity contribution in [2.45, 2.75) is 11.4 Å². The lowest BCUT2D eigenvalue weighted by Gasteiger charge is -2.08. The molecule has 1 aromatic carbocycles. The number of anilines is 1. The Morgan fingerprint density at radius 1 is 1.12 bits per heavy atom. The van der Waals surface area contributed by atoms with Gasteiger partial charge in [-0.3, -0.25) is 14.6 Å². The largest absolute Gasteiger partial charge is 0.347 e. The summed E-state index contributed by atoms with van der Waals surface area (Å²) in [6.07, 6.45) is 6.33. The number of nitrogens with one attached hydrogen (secondary N) is 2. The molecule has 0 atom stereocenters. The monoisotopic (exact) mass is 384 g/mol. The number of amides is 2. The summed E-state index contributed by atoms with van der Waals surface area (Å²) in [6, 6.07) is 9.70. The smallest absolute Gasteiger partial charge is 0.275 e. The van der Waals surface area contributed by atoms with Crippen molar-refractivity contribution in [3.05, 3.63) is 70.4 Å². The van der Waals surface area contributed by atoms with E-state index in [1.165, 1.54) is 34.8 Å². The minimum atomic E-state index is -0.404. The second-order valence-corrected chi connectivity index (χ2v) is 7.03. The molecule has 0 bridgehead atoms. The fourth-order valence-corrected chi connectivity index (χ4v) is 3.37. The Morgan fingerprint density at radius 2 is 1.92 bits per heavy atom. The minimum absolute atomic E-state index is 0.193. The average molecular weight is 384 g/mol. The van der Waals surface area contributed by atoms with Crippen LogP contribution in [0.5, 0.6) is 0 Å². The zero-order chi connectivity index (χ0) is 18.4. The van der Waals surface area contributed by atoms with Gasteiger partial charge < -0.3 is 10.6 Å². The number of nitrogens with zero attached hydrogens (tertiary/aromatic N) is 2. The Balaban J connectivity index is 1.63. The molecule has 0 saturated carbocycles. The molecule has 3 aromatic rings. The number of carbonyl (C=O) groups excluding carboxylic acids is 2. The van der Waals surface area contributed by atoms with Gasteiger partial charge in [-0.15, -0.1) is 23.1 Å². The van der Waals surface area contributed by atoms with Gasteiger partial charge in [-0.2, -0.15) is 0 Å². The molecule has 0 saturated heterocycles. The first-order valence-electron chi connectivity index (χ1n) is 7.73. The molecule has 2 amide bonds. The van der Waals surface area contributed by atoms with E-state index < -0.39 is 5.91 Å². The predicted molar refractivity (Wildman–Crippen MR) is 104 cm³/mol. The maximum atomic E-state index is 12.5. The zero-order valence-electron chi connectivity index (χ0n) is 13.9. The number of thioether (sulfide) groups is 1. The highest BCUT2D eigenvalue weighted by atomic mass is 32.2. The van der Waals surface area contributed by atoms with E-state index >= 15 is 0 Å². The molecule has 26 heavy (non-hydrogen) atoms. The van der Waals surface area contributed by atoms with Crippen molar-refractivity contribution in [2.24, 2.45) is 0 Å². The summed E-state index contributed by atoms with van der Waals surface area (Å²) in [7, 11) is 0. The molecule has 0 aliphatic heterocycles. The van der Waals surface area contributed by atoms with Crippen LogP contribution >= 0.6 is 23.1 Å². The van der Waals surface area contributed by atoms with E-state index in [-0.39, 0.29) is 11.6 Å². The van der Waals surface area contributed by atoms with Crippen molar-refractivity contribution in [3.63, 3.8) is 0 Å². The fraction of sp³-hybridized carbons (Fsp3) is 0.111. The molecule has 0 spiro atoms.